The van der Waals surface area contributed by atoms with Crippen molar-refractivity contribution in [2.24, 2.45) is 10.1 Å². The number of nitrogens with one attached hydrogen (secondary N) is 1. The van der Waals surface area contributed by atoms with Crippen molar-refractivity contribution >= 4 is 28.8 Å². The molecule has 3 nitrogen and oxygen atoms in total. The number of benzene rings is 3. The SMILES string of the molecule is Cc1ccc2c(c1)C(c1ccc(F)cc1)=NNC(c1ccc(Cl)cc1)=N2. The van der Waals surface area contributed by atoms with Gasteiger partial charge in [-0.1, -0.05) is 23.2 Å². The fourth-order valence-electron chi connectivity index (χ4n) is 2.82. The number of rotatable bonds is 2. The van der Waals surface area contributed by atoms with E-state index in [0.717, 1.165) is 33.7 Å². The fraction of sp³-hybridized carbons (Fsp3) is 0.0476. The van der Waals surface area contributed by atoms with Gasteiger partial charge in [0.1, 0.15) is 5.82 Å². The number of hydrazone groups is 1. The minimum absolute atomic E-state index is 0.279. The highest BCUT2D eigenvalue weighted by Gasteiger charge is 2.17. The summed E-state index contributed by atoms with van der Waals surface area (Å²) in [5.41, 5.74) is 8.26. The van der Waals surface area contributed by atoms with Crippen LogP contribution in [0.2, 0.25) is 5.02 Å². The summed E-state index contributed by atoms with van der Waals surface area (Å²) in [5.74, 6) is 0.349. The molecule has 0 spiro atoms. The van der Waals surface area contributed by atoms with Gasteiger partial charge in [-0.05, 0) is 67.6 Å². The van der Waals surface area contributed by atoms with Crippen LogP contribution in [0.25, 0.3) is 0 Å². The lowest BCUT2D eigenvalue weighted by Crippen LogP contribution is -2.19. The molecule has 128 valence electrons. The van der Waals surface area contributed by atoms with Gasteiger partial charge in [0, 0.05) is 21.7 Å². The molecule has 0 bridgehead atoms. The van der Waals surface area contributed by atoms with E-state index in [2.05, 4.69) is 10.5 Å². The van der Waals surface area contributed by atoms with Gasteiger partial charge in [0.2, 0.25) is 0 Å². The van der Waals surface area contributed by atoms with E-state index >= 15 is 0 Å². The summed E-state index contributed by atoms with van der Waals surface area (Å²) in [4.78, 5) is 4.75. The Labute approximate surface area is 155 Å². The molecular formula is C21H15ClFN3. The normalized spacial score (nSPS) is 13.2. The molecule has 0 saturated heterocycles. The Balaban J connectivity index is 1.85. The second-order valence-electron chi connectivity index (χ2n) is 6.07. The largest absolute Gasteiger partial charge is 0.260 e. The summed E-state index contributed by atoms with van der Waals surface area (Å²) in [6.07, 6.45) is 0. The van der Waals surface area contributed by atoms with E-state index in [0.29, 0.717) is 10.9 Å². The molecule has 3 aromatic rings. The molecule has 0 fully saturated rings. The molecule has 0 saturated carbocycles. The predicted molar refractivity (Wildman–Crippen MR) is 104 cm³/mol. The minimum atomic E-state index is -0.279. The van der Waals surface area contributed by atoms with E-state index in [-0.39, 0.29) is 5.82 Å². The van der Waals surface area contributed by atoms with E-state index in [1.807, 2.05) is 49.4 Å². The predicted octanol–water partition coefficient (Wildman–Crippen LogP) is 5.22. The zero-order chi connectivity index (χ0) is 18.1. The number of fused-ring (bicyclic) bond motifs is 1. The number of aryl methyl sites for hydroxylation is 1. The highest BCUT2D eigenvalue weighted by Crippen LogP contribution is 2.27. The molecule has 1 aliphatic rings. The first-order valence-corrected chi connectivity index (χ1v) is 8.53. The maximum Gasteiger partial charge on any atom is 0.154 e. The lowest BCUT2D eigenvalue weighted by atomic mass is 9.99. The number of amidine groups is 1. The van der Waals surface area contributed by atoms with Gasteiger partial charge < -0.3 is 0 Å². The van der Waals surface area contributed by atoms with Gasteiger partial charge in [0.15, 0.2) is 5.84 Å². The van der Waals surface area contributed by atoms with Crippen LogP contribution in [-0.4, -0.2) is 11.5 Å². The number of hydrogen-bond donors (Lipinski definition) is 1. The van der Waals surface area contributed by atoms with Gasteiger partial charge in [-0.3, -0.25) is 5.43 Å². The molecule has 3 aromatic carbocycles. The molecule has 4 rings (SSSR count). The first-order chi connectivity index (χ1) is 12.6. The maximum absolute atomic E-state index is 13.3. The molecule has 0 aliphatic carbocycles. The van der Waals surface area contributed by atoms with Crippen LogP contribution in [0.3, 0.4) is 0 Å². The Kier molecular flexibility index (Phi) is 4.27. The number of aliphatic imine (C=N–C) groups is 1. The summed E-state index contributed by atoms with van der Waals surface area (Å²) in [6, 6.07) is 19.7. The van der Waals surface area contributed by atoms with Crippen LogP contribution < -0.4 is 5.43 Å². The molecule has 0 unspecified atom stereocenters. The maximum atomic E-state index is 13.3. The average Bonchev–Trinajstić information content (AvgIpc) is 2.83. The molecule has 0 aromatic heterocycles. The topological polar surface area (TPSA) is 36.8 Å². The van der Waals surface area contributed by atoms with Crippen LogP contribution in [0.15, 0.2) is 76.8 Å². The third-order valence-corrected chi connectivity index (χ3v) is 4.40. The molecule has 1 heterocycles. The first-order valence-electron chi connectivity index (χ1n) is 8.15. The molecule has 1 aliphatic heterocycles. The van der Waals surface area contributed by atoms with Crippen molar-refractivity contribution in [3.63, 3.8) is 0 Å². The summed E-state index contributed by atoms with van der Waals surface area (Å²) < 4.78 is 13.3. The summed E-state index contributed by atoms with van der Waals surface area (Å²) >= 11 is 5.98. The quantitative estimate of drug-likeness (QED) is 0.665. The average molecular weight is 364 g/mol. The van der Waals surface area contributed by atoms with Crippen molar-refractivity contribution in [3.8, 4) is 0 Å². The van der Waals surface area contributed by atoms with E-state index < -0.39 is 0 Å². The van der Waals surface area contributed by atoms with Gasteiger partial charge in [0.05, 0.1) is 11.4 Å². The molecule has 0 atom stereocenters. The Bertz CT molecular complexity index is 1020. The monoisotopic (exact) mass is 363 g/mol. The third kappa shape index (κ3) is 3.24. The van der Waals surface area contributed by atoms with Crippen LogP contribution in [0, 0.1) is 12.7 Å². The molecule has 26 heavy (non-hydrogen) atoms. The second kappa shape index (κ2) is 6.73. The van der Waals surface area contributed by atoms with Crippen LogP contribution in [-0.2, 0) is 0 Å². The van der Waals surface area contributed by atoms with Crippen molar-refractivity contribution in [3.05, 3.63) is 99.8 Å². The lowest BCUT2D eigenvalue weighted by molar-refractivity contribution is 0.628. The van der Waals surface area contributed by atoms with Crippen molar-refractivity contribution < 1.29 is 4.39 Å². The molecule has 0 radical (unpaired) electrons. The zero-order valence-electron chi connectivity index (χ0n) is 14.0. The van der Waals surface area contributed by atoms with Crippen molar-refractivity contribution in [2.45, 2.75) is 6.92 Å². The van der Waals surface area contributed by atoms with E-state index in [1.54, 1.807) is 12.1 Å². The van der Waals surface area contributed by atoms with Crippen molar-refractivity contribution in [2.75, 3.05) is 0 Å². The summed E-state index contributed by atoms with van der Waals surface area (Å²) in [5, 5.41) is 5.23. The van der Waals surface area contributed by atoms with Gasteiger partial charge >= 0.3 is 0 Å². The standard InChI is InChI=1S/C21H15ClFN3/c1-13-2-11-19-18(12-13)20(14-5-9-17(23)10-6-14)25-26-21(24-19)15-3-7-16(22)8-4-15/h2-12H,1H3,(H,24,26). The minimum Gasteiger partial charge on any atom is -0.260 e. The van der Waals surface area contributed by atoms with Crippen LogP contribution in [0.4, 0.5) is 10.1 Å². The Morgan fingerprint density at radius 1 is 0.885 bits per heavy atom. The Hall–Kier alpha value is -2.98. The summed E-state index contributed by atoms with van der Waals surface area (Å²) in [7, 11) is 0. The van der Waals surface area contributed by atoms with E-state index in [1.165, 1.54) is 12.1 Å². The van der Waals surface area contributed by atoms with E-state index in [4.69, 9.17) is 16.6 Å². The highest BCUT2D eigenvalue weighted by atomic mass is 35.5. The van der Waals surface area contributed by atoms with Crippen LogP contribution in [0.5, 0.6) is 0 Å². The van der Waals surface area contributed by atoms with E-state index in [9.17, 15) is 4.39 Å². The van der Waals surface area contributed by atoms with Gasteiger partial charge in [-0.2, -0.15) is 5.10 Å². The number of nitrogens with zero attached hydrogens (tertiary/aromatic N) is 2. The molecule has 5 heteroatoms. The first kappa shape index (κ1) is 16.5. The number of hydrogen-bond acceptors (Lipinski definition) is 3. The van der Waals surface area contributed by atoms with Crippen LogP contribution in [0.1, 0.15) is 22.3 Å². The fourth-order valence-corrected chi connectivity index (χ4v) is 2.94. The Morgan fingerprint density at radius 3 is 2.31 bits per heavy atom. The van der Waals surface area contributed by atoms with Crippen molar-refractivity contribution in [1.82, 2.24) is 5.43 Å². The smallest absolute Gasteiger partial charge is 0.154 e. The molecule has 1 N–H and O–H groups in total. The van der Waals surface area contributed by atoms with Crippen molar-refractivity contribution in [1.29, 1.82) is 0 Å². The highest BCUT2D eigenvalue weighted by molar-refractivity contribution is 6.30. The lowest BCUT2D eigenvalue weighted by Gasteiger charge is -2.08. The van der Waals surface area contributed by atoms with Crippen LogP contribution >= 0.6 is 11.6 Å². The van der Waals surface area contributed by atoms with Gasteiger partial charge in [-0.15, -0.1) is 0 Å². The van der Waals surface area contributed by atoms with Gasteiger partial charge in [-0.25, -0.2) is 9.38 Å². The summed E-state index contributed by atoms with van der Waals surface area (Å²) in [6.45, 7) is 2.02. The zero-order valence-corrected chi connectivity index (χ0v) is 14.8. The molecule has 0 amide bonds. The molecular weight excluding hydrogens is 349 g/mol. The van der Waals surface area contributed by atoms with Gasteiger partial charge in [0.25, 0.3) is 0 Å². The Morgan fingerprint density at radius 2 is 1.58 bits per heavy atom. The number of halogens is 2. The third-order valence-electron chi connectivity index (χ3n) is 4.15. The second-order valence-corrected chi connectivity index (χ2v) is 6.50.